The quantitative estimate of drug-likeness (QED) is 0.321. The van der Waals surface area contributed by atoms with E-state index in [-0.39, 0.29) is 34.4 Å². The summed E-state index contributed by atoms with van der Waals surface area (Å²) in [5.41, 5.74) is 0.453. The minimum Gasteiger partial charge on any atom is -0.394 e. The van der Waals surface area contributed by atoms with Crippen molar-refractivity contribution in [3.63, 3.8) is 0 Å². The number of hydrogen-bond donors (Lipinski definition) is 1. The molecular formula is C30H40BrN3O4S. The fourth-order valence-electron chi connectivity index (χ4n) is 6.67. The molecule has 3 heterocycles. The number of aliphatic hydroxyl groups is 1. The molecule has 1 aromatic rings. The van der Waals surface area contributed by atoms with Crippen molar-refractivity contribution in [2.45, 2.75) is 66.1 Å². The van der Waals surface area contributed by atoms with E-state index in [1.54, 1.807) is 45.7 Å². The Hall–Kier alpha value is -2.10. The summed E-state index contributed by atoms with van der Waals surface area (Å²) < 4.78 is -0.781. The fraction of sp³-hybridized carbons (Fsp3) is 0.567. The summed E-state index contributed by atoms with van der Waals surface area (Å²) in [7, 11) is 1.73. The van der Waals surface area contributed by atoms with Gasteiger partial charge >= 0.3 is 0 Å². The third-order valence-corrected chi connectivity index (χ3v) is 11.6. The van der Waals surface area contributed by atoms with E-state index in [2.05, 4.69) is 29.1 Å². The standard InChI is InChI=1S/C30H40BrN3O4S/c1-7-14-32(6)26(36)22-23-27(37)34(20(18-35)16-19-12-10-9-11-13-19)25(30(23)17-21(31)24(22)39-30)28(38)33(15-8-2)29(3,4)5/h7-13,20-25,35H,1-2,14-18H2,3-6H3/t20-,21?,22+,23+,24+,25?,30?/m1/s1. The van der Waals surface area contributed by atoms with Crippen LogP contribution in [0.1, 0.15) is 32.8 Å². The number of likely N-dealkylation sites (N-methyl/N-ethyl adjacent to an activating group) is 1. The van der Waals surface area contributed by atoms with E-state index in [1.807, 2.05) is 51.1 Å². The average Bonchev–Trinajstić information content (AvgIpc) is 3.48. The normalized spacial score (nSPS) is 30.2. The van der Waals surface area contributed by atoms with E-state index in [1.165, 1.54) is 0 Å². The molecule has 0 saturated carbocycles. The van der Waals surface area contributed by atoms with Gasteiger partial charge in [-0.05, 0) is 39.2 Å². The smallest absolute Gasteiger partial charge is 0.247 e. The number of hydrogen-bond acceptors (Lipinski definition) is 5. The summed E-state index contributed by atoms with van der Waals surface area (Å²) in [5.74, 6) is -1.69. The topological polar surface area (TPSA) is 81.2 Å². The highest BCUT2D eigenvalue weighted by Crippen LogP contribution is 2.68. The van der Waals surface area contributed by atoms with E-state index in [0.29, 0.717) is 25.9 Å². The molecule has 3 fully saturated rings. The second kappa shape index (κ2) is 11.4. The van der Waals surface area contributed by atoms with Gasteiger partial charge in [0.2, 0.25) is 17.7 Å². The third-order valence-electron chi connectivity index (χ3n) is 8.33. The number of carbonyl (C=O) groups is 3. The largest absolute Gasteiger partial charge is 0.394 e. The van der Waals surface area contributed by atoms with Crippen molar-refractivity contribution in [1.29, 1.82) is 0 Å². The first-order valence-electron chi connectivity index (χ1n) is 13.5. The molecule has 1 aromatic carbocycles. The van der Waals surface area contributed by atoms with Gasteiger partial charge in [-0.25, -0.2) is 0 Å². The van der Waals surface area contributed by atoms with E-state index in [9.17, 15) is 19.5 Å². The zero-order valence-electron chi connectivity index (χ0n) is 23.3. The lowest BCUT2D eigenvalue weighted by Crippen LogP contribution is -2.61. The number of alkyl halides is 1. The van der Waals surface area contributed by atoms with Gasteiger partial charge in [0.15, 0.2) is 0 Å². The molecule has 0 aliphatic carbocycles. The number of halogens is 1. The van der Waals surface area contributed by atoms with Crippen molar-refractivity contribution >= 4 is 45.4 Å². The van der Waals surface area contributed by atoms with Crippen LogP contribution >= 0.6 is 27.7 Å². The minimum absolute atomic E-state index is 0.0166. The van der Waals surface area contributed by atoms with E-state index in [0.717, 1.165) is 5.56 Å². The third kappa shape index (κ3) is 5.10. The van der Waals surface area contributed by atoms with E-state index in [4.69, 9.17) is 0 Å². The van der Waals surface area contributed by atoms with Crippen LogP contribution in [-0.4, -0.2) is 96.7 Å². The van der Waals surface area contributed by atoms with Crippen LogP contribution in [-0.2, 0) is 20.8 Å². The maximum Gasteiger partial charge on any atom is 0.247 e. The zero-order chi connectivity index (χ0) is 28.7. The molecular weight excluding hydrogens is 578 g/mol. The Morgan fingerprint density at radius 3 is 2.41 bits per heavy atom. The van der Waals surface area contributed by atoms with Gasteiger partial charge in [0.05, 0.1) is 29.2 Å². The van der Waals surface area contributed by atoms with Gasteiger partial charge in [-0.3, -0.25) is 14.4 Å². The summed E-state index contributed by atoms with van der Waals surface area (Å²) in [6.45, 7) is 14.0. The molecule has 3 aliphatic heterocycles. The molecule has 212 valence electrons. The highest BCUT2D eigenvalue weighted by atomic mass is 79.9. The van der Waals surface area contributed by atoms with Gasteiger partial charge in [-0.1, -0.05) is 58.4 Å². The predicted octanol–water partition coefficient (Wildman–Crippen LogP) is 3.51. The van der Waals surface area contributed by atoms with Crippen LogP contribution in [0.25, 0.3) is 0 Å². The Kier molecular flexibility index (Phi) is 8.74. The maximum absolute atomic E-state index is 14.6. The van der Waals surface area contributed by atoms with E-state index >= 15 is 0 Å². The number of amides is 3. The van der Waals surface area contributed by atoms with Crippen LogP contribution < -0.4 is 0 Å². The van der Waals surface area contributed by atoms with Gasteiger partial charge < -0.3 is 19.8 Å². The number of nitrogens with zero attached hydrogens (tertiary/aromatic N) is 3. The van der Waals surface area contributed by atoms with Crippen LogP contribution in [0.15, 0.2) is 55.6 Å². The number of benzene rings is 1. The van der Waals surface area contributed by atoms with Crippen molar-refractivity contribution in [2.75, 3.05) is 26.7 Å². The molecule has 3 aliphatic rings. The minimum atomic E-state index is -0.812. The van der Waals surface area contributed by atoms with Crippen molar-refractivity contribution in [2.24, 2.45) is 11.8 Å². The number of carbonyl (C=O) groups excluding carboxylic acids is 3. The molecule has 3 amide bonds. The van der Waals surface area contributed by atoms with Crippen molar-refractivity contribution < 1.29 is 19.5 Å². The zero-order valence-corrected chi connectivity index (χ0v) is 25.7. The summed E-state index contributed by atoms with van der Waals surface area (Å²) in [5, 5.41) is 10.5. The fourth-order valence-corrected chi connectivity index (χ4v) is 10.3. The number of rotatable bonds is 10. The summed E-state index contributed by atoms with van der Waals surface area (Å²) in [6, 6.07) is 8.28. The van der Waals surface area contributed by atoms with E-state index < -0.39 is 34.2 Å². The lowest BCUT2D eigenvalue weighted by molar-refractivity contribution is -0.148. The average molecular weight is 619 g/mol. The molecule has 3 unspecified atom stereocenters. The summed E-state index contributed by atoms with van der Waals surface area (Å²) >= 11 is 5.44. The highest BCUT2D eigenvalue weighted by molar-refractivity contribution is 9.09. The highest BCUT2D eigenvalue weighted by Gasteiger charge is 2.76. The van der Waals surface area contributed by atoms with Gasteiger partial charge in [-0.15, -0.1) is 24.9 Å². The maximum atomic E-state index is 14.6. The second-order valence-electron chi connectivity index (χ2n) is 11.9. The lowest BCUT2D eigenvalue weighted by Gasteiger charge is -2.43. The first-order valence-corrected chi connectivity index (χ1v) is 15.3. The van der Waals surface area contributed by atoms with Crippen LogP contribution in [0, 0.1) is 11.8 Å². The monoisotopic (exact) mass is 617 g/mol. The predicted molar refractivity (Wildman–Crippen MR) is 160 cm³/mol. The number of likely N-dealkylation sites (tertiary alicyclic amines) is 1. The Balaban J connectivity index is 1.84. The molecule has 0 aromatic heterocycles. The second-order valence-corrected chi connectivity index (χ2v) is 14.6. The SMILES string of the molecule is C=CCN(C)C(=O)[C@H]1[C@H]2C(=O)N([C@@H](CO)Cc3ccccc3)C(C(=O)N(CC=C)C(C)(C)C)C23CC(Br)[C@@H]1S3. The van der Waals surface area contributed by atoms with Gasteiger partial charge in [-0.2, -0.15) is 0 Å². The van der Waals surface area contributed by atoms with Gasteiger partial charge in [0.25, 0.3) is 0 Å². The van der Waals surface area contributed by atoms with Gasteiger partial charge in [0.1, 0.15) is 6.04 Å². The Bertz CT molecular complexity index is 1120. The first-order chi connectivity index (χ1) is 18.4. The summed E-state index contributed by atoms with van der Waals surface area (Å²) in [4.78, 5) is 47.9. The van der Waals surface area contributed by atoms with Crippen molar-refractivity contribution in [3.8, 4) is 0 Å². The van der Waals surface area contributed by atoms with Gasteiger partial charge in [0, 0.05) is 35.8 Å². The molecule has 9 heteroatoms. The number of fused-ring (bicyclic) bond motifs is 1. The number of aliphatic hydroxyl groups excluding tert-OH is 1. The van der Waals surface area contributed by atoms with Crippen LogP contribution in [0.2, 0.25) is 0 Å². The molecule has 7 atom stereocenters. The van der Waals surface area contributed by atoms with Crippen LogP contribution in [0.3, 0.4) is 0 Å². The molecule has 0 radical (unpaired) electrons. The molecule has 1 N–H and O–H groups in total. The number of thioether (sulfide) groups is 1. The Morgan fingerprint density at radius 1 is 1.21 bits per heavy atom. The molecule has 2 bridgehead atoms. The molecule has 39 heavy (non-hydrogen) atoms. The molecule has 1 spiro atoms. The van der Waals surface area contributed by atoms with Crippen molar-refractivity contribution in [1.82, 2.24) is 14.7 Å². The lowest BCUT2D eigenvalue weighted by atomic mass is 9.70. The van der Waals surface area contributed by atoms with Crippen LogP contribution in [0.4, 0.5) is 0 Å². The van der Waals surface area contributed by atoms with Crippen LogP contribution in [0.5, 0.6) is 0 Å². The molecule has 3 saturated heterocycles. The Morgan fingerprint density at radius 2 is 1.85 bits per heavy atom. The summed E-state index contributed by atoms with van der Waals surface area (Å²) in [6.07, 6.45) is 4.38. The van der Waals surface area contributed by atoms with Crippen molar-refractivity contribution in [3.05, 3.63) is 61.2 Å². The molecule has 7 nitrogen and oxygen atoms in total. The first kappa shape index (κ1) is 29.9. The Labute approximate surface area is 244 Å². The molecule has 4 rings (SSSR count).